The van der Waals surface area contributed by atoms with E-state index in [1.807, 2.05) is 6.08 Å². The Morgan fingerprint density at radius 1 is 1.35 bits per heavy atom. The molecule has 0 aliphatic carbocycles. The van der Waals surface area contributed by atoms with Crippen molar-refractivity contribution < 1.29 is 14.3 Å². The maximum atomic E-state index is 9.25. The van der Waals surface area contributed by atoms with E-state index in [1.54, 1.807) is 6.08 Å². The van der Waals surface area contributed by atoms with Gasteiger partial charge in [-0.15, -0.1) is 0 Å². The minimum atomic E-state index is -1.63. The van der Waals surface area contributed by atoms with Crippen molar-refractivity contribution in [1.82, 2.24) is 0 Å². The molecular weight excluding hydrogens is 232 g/mol. The van der Waals surface area contributed by atoms with Gasteiger partial charge in [-0.25, -0.2) is 0 Å². The summed E-state index contributed by atoms with van der Waals surface area (Å²) < 4.78 is 11.6. The Bertz CT molecular complexity index is 268. The molecule has 0 spiro atoms. The maximum absolute atomic E-state index is 9.25. The fraction of sp³-hybridized carbons (Fsp3) is 0.846. The summed E-state index contributed by atoms with van der Waals surface area (Å²) in [5.74, 6) is 0. The zero-order chi connectivity index (χ0) is 13.1. The summed E-state index contributed by atoms with van der Waals surface area (Å²) in [6.07, 6.45) is 4.27. The maximum Gasteiger partial charge on any atom is 0.191 e. The van der Waals surface area contributed by atoms with Gasteiger partial charge in [-0.05, 0) is 24.6 Å². The molecule has 0 bridgehead atoms. The van der Waals surface area contributed by atoms with Gasteiger partial charge in [-0.2, -0.15) is 0 Å². The predicted octanol–water partition coefficient (Wildman–Crippen LogP) is 2.71. The second-order valence-corrected chi connectivity index (χ2v) is 11.0. The van der Waals surface area contributed by atoms with Crippen molar-refractivity contribution in [2.45, 2.75) is 57.5 Å². The van der Waals surface area contributed by atoms with E-state index in [0.717, 1.165) is 13.0 Å². The van der Waals surface area contributed by atoms with Crippen LogP contribution in [0.5, 0.6) is 0 Å². The van der Waals surface area contributed by atoms with Gasteiger partial charge >= 0.3 is 0 Å². The van der Waals surface area contributed by atoms with Crippen molar-refractivity contribution in [3.63, 3.8) is 0 Å². The SMILES string of the molecule is CC(C)(C)[Si](C)(C)OCC[C@H]1C=C[C@@H](O)CO1. The van der Waals surface area contributed by atoms with Crippen LogP contribution in [-0.4, -0.2) is 38.8 Å². The van der Waals surface area contributed by atoms with E-state index in [-0.39, 0.29) is 11.1 Å². The third-order valence-corrected chi connectivity index (χ3v) is 8.24. The van der Waals surface area contributed by atoms with E-state index in [4.69, 9.17) is 9.16 Å². The van der Waals surface area contributed by atoms with Crippen molar-refractivity contribution in [3.05, 3.63) is 12.2 Å². The van der Waals surface area contributed by atoms with E-state index >= 15 is 0 Å². The summed E-state index contributed by atoms with van der Waals surface area (Å²) in [6.45, 7) is 12.4. The summed E-state index contributed by atoms with van der Waals surface area (Å²) in [4.78, 5) is 0. The molecular formula is C13H26O3Si. The number of aliphatic hydroxyl groups is 1. The molecule has 0 radical (unpaired) electrons. The Hall–Kier alpha value is -0.163. The van der Waals surface area contributed by atoms with E-state index in [9.17, 15) is 5.11 Å². The Kier molecular flexibility index (Phi) is 4.95. The summed E-state index contributed by atoms with van der Waals surface area (Å²) in [6, 6.07) is 0. The number of rotatable bonds is 4. The first-order chi connectivity index (χ1) is 7.72. The van der Waals surface area contributed by atoms with Crippen LogP contribution in [0.2, 0.25) is 18.1 Å². The van der Waals surface area contributed by atoms with Crippen LogP contribution in [0.15, 0.2) is 12.2 Å². The highest BCUT2D eigenvalue weighted by Gasteiger charge is 2.37. The second kappa shape index (κ2) is 5.65. The van der Waals surface area contributed by atoms with Crippen LogP contribution in [0.4, 0.5) is 0 Å². The molecule has 1 aliphatic heterocycles. The number of hydrogen-bond acceptors (Lipinski definition) is 3. The monoisotopic (exact) mass is 258 g/mol. The van der Waals surface area contributed by atoms with Crippen molar-refractivity contribution in [2.75, 3.05) is 13.2 Å². The lowest BCUT2D eigenvalue weighted by molar-refractivity contribution is 0.00642. The topological polar surface area (TPSA) is 38.7 Å². The molecule has 0 aromatic rings. The van der Waals surface area contributed by atoms with E-state index in [0.29, 0.717) is 6.61 Å². The average molecular weight is 258 g/mol. The van der Waals surface area contributed by atoms with Crippen LogP contribution in [0, 0.1) is 0 Å². The van der Waals surface area contributed by atoms with Crippen molar-refractivity contribution in [1.29, 1.82) is 0 Å². The zero-order valence-electron chi connectivity index (χ0n) is 11.7. The quantitative estimate of drug-likeness (QED) is 0.622. The highest BCUT2D eigenvalue weighted by Crippen LogP contribution is 2.36. The number of ether oxygens (including phenoxy) is 1. The van der Waals surface area contributed by atoms with Gasteiger partial charge in [-0.3, -0.25) is 0 Å². The highest BCUT2D eigenvalue weighted by atomic mass is 28.4. The number of aliphatic hydroxyl groups excluding tert-OH is 1. The minimum Gasteiger partial charge on any atom is -0.417 e. The molecule has 4 heteroatoms. The Labute approximate surface area is 106 Å². The molecule has 0 fully saturated rings. The molecule has 17 heavy (non-hydrogen) atoms. The van der Waals surface area contributed by atoms with Gasteiger partial charge in [0.2, 0.25) is 0 Å². The first-order valence-electron chi connectivity index (χ1n) is 6.34. The Morgan fingerprint density at radius 3 is 2.47 bits per heavy atom. The van der Waals surface area contributed by atoms with Gasteiger partial charge in [-0.1, -0.05) is 32.9 Å². The van der Waals surface area contributed by atoms with Crippen molar-refractivity contribution in [3.8, 4) is 0 Å². The predicted molar refractivity (Wildman–Crippen MR) is 72.7 cm³/mol. The fourth-order valence-corrected chi connectivity index (χ4v) is 2.47. The van der Waals surface area contributed by atoms with Crippen LogP contribution in [0.3, 0.4) is 0 Å². The lowest BCUT2D eigenvalue weighted by atomic mass is 10.2. The van der Waals surface area contributed by atoms with Crippen LogP contribution in [0.25, 0.3) is 0 Å². The van der Waals surface area contributed by atoms with Crippen LogP contribution >= 0.6 is 0 Å². The van der Waals surface area contributed by atoms with Crippen LogP contribution < -0.4 is 0 Å². The largest absolute Gasteiger partial charge is 0.417 e. The third-order valence-electron chi connectivity index (χ3n) is 3.70. The fourth-order valence-electron chi connectivity index (χ4n) is 1.41. The van der Waals surface area contributed by atoms with Gasteiger partial charge in [0.25, 0.3) is 0 Å². The normalized spacial score (nSPS) is 26.2. The molecule has 0 aromatic carbocycles. The van der Waals surface area contributed by atoms with Crippen molar-refractivity contribution in [2.24, 2.45) is 0 Å². The molecule has 2 atom stereocenters. The minimum absolute atomic E-state index is 0.100. The highest BCUT2D eigenvalue weighted by molar-refractivity contribution is 6.74. The Balaban J connectivity index is 2.31. The van der Waals surface area contributed by atoms with E-state index in [1.165, 1.54) is 0 Å². The van der Waals surface area contributed by atoms with Gasteiger partial charge < -0.3 is 14.3 Å². The molecule has 0 aromatic heterocycles. The molecule has 1 rings (SSSR count). The summed E-state index contributed by atoms with van der Waals surface area (Å²) in [5.41, 5.74) is 0. The van der Waals surface area contributed by atoms with E-state index in [2.05, 4.69) is 33.9 Å². The molecule has 0 saturated heterocycles. The molecule has 1 heterocycles. The standard InChI is InChI=1S/C13H26O3Si/c1-13(2,3)17(4,5)16-9-8-12-7-6-11(14)10-15-12/h6-7,11-12,14H,8-10H2,1-5H3/t11-,12-/m1/s1. The molecule has 0 saturated carbocycles. The second-order valence-electron chi connectivity index (χ2n) is 6.22. The molecule has 3 nitrogen and oxygen atoms in total. The molecule has 1 N–H and O–H groups in total. The smallest absolute Gasteiger partial charge is 0.191 e. The van der Waals surface area contributed by atoms with Gasteiger partial charge in [0, 0.05) is 6.61 Å². The molecule has 1 aliphatic rings. The van der Waals surface area contributed by atoms with Gasteiger partial charge in [0.15, 0.2) is 8.32 Å². The molecule has 100 valence electrons. The van der Waals surface area contributed by atoms with Crippen molar-refractivity contribution >= 4 is 8.32 Å². The van der Waals surface area contributed by atoms with Crippen LogP contribution in [-0.2, 0) is 9.16 Å². The summed E-state index contributed by atoms with van der Waals surface area (Å²) in [5, 5.41) is 9.51. The summed E-state index contributed by atoms with van der Waals surface area (Å²) >= 11 is 0. The molecule has 0 amide bonds. The first-order valence-corrected chi connectivity index (χ1v) is 9.25. The lowest BCUT2D eigenvalue weighted by Gasteiger charge is -2.36. The van der Waals surface area contributed by atoms with Crippen LogP contribution in [0.1, 0.15) is 27.2 Å². The van der Waals surface area contributed by atoms with Gasteiger partial charge in [0.05, 0.1) is 18.8 Å². The lowest BCUT2D eigenvalue weighted by Crippen LogP contribution is -2.41. The third kappa shape index (κ3) is 4.54. The first kappa shape index (κ1) is 14.9. The van der Waals surface area contributed by atoms with E-state index < -0.39 is 14.4 Å². The average Bonchev–Trinajstić information content (AvgIpc) is 2.19. The number of hydrogen-bond donors (Lipinski definition) is 1. The Morgan fingerprint density at radius 2 is 2.00 bits per heavy atom. The zero-order valence-corrected chi connectivity index (χ0v) is 12.7. The van der Waals surface area contributed by atoms with Gasteiger partial charge in [0.1, 0.15) is 0 Å². The molecule has 0 unspecified atom stereocenters. The summed E-state index contributed by atoms with van der Waals surface area (Å²) in [7, 11) is -1.63.